The van der Waals surface area contributed by atoms with Crippen LogP contribution in [0.15, 0.2) is 24.3 Å². The van der Waals surface area contributed by atoms with Gasteiger partial charge in [0.05, 0.1) is 20.1 Å². The molecule has 2 aromatic rings. The summed E-state index contributed by atoms with van der Waals surface area (Å²) in [6.45, 7) is 3.43. The molecule has 1 N–H and O–H groups in total. The Kier molecular flexibility index (Phi) is 5.75. The quantitative estimate of drug-likeness (QED) is 0.633. The summed E-state index contributed by atoms with van der Waals surface area (Å²) < 4.78 is 14.2. The highest BCUT2D eigenvalue weighted by molar-refractivity contribution is 6.50. The Bertz CT molecular complexity index is 647. The molecule has 0 atom stereocenters. The molecule has 2 rings (SSSR count). The summed E-state index contributed by atoms with van der Waals surface area (Å²) in [6.07, 6.45) is 0. The molecule has 0 spiro atoms. The van der Waals surface area contributed by atoms with E-state index in [0.29, 0.717) is 12.1 Å². The second-order valence-corrected chi connectivity index (χ2v) is 6.01. The topological polar surface area (TPSA) is 12.0 Å². The van der Waals surface area contributed by atoms with Crippen LogP contribution < -0.4 is 5.32 Å². The van der Waals surface area contributed by atoms with Crippen molar-refractivity contribution >= 4 is 46.4 Å². The Morgan fingerprint density at radius 1 is 1.00 bits per heavy atom. The molecule has 0 heterocycles. The maximum absolute atomic E-state index is 14.2. The van der Waals surface area contributed by atoms with E-state index in [1.807, 2.05) is 6.92 Å². The molecule has 21 heavy (non-hydrogen) atoms. The van der Waals surface area contributed by atoms with E-state index in [9.17, 15) is 4.39 Å². The lowest BCUT2D eigenvalue weighted by Gasteiger charge is -2.13. The molecule has 0 aromatic heterocycles. The van der Waals surface area contributed by atoms with Gasteiger partial charge in [-0.2, -0.15) is 0 Å². The summed E-state index contributed by atoms with van der Waals surface area (Å²) >= 11 is 24.4. The van der Waals surface area contributed by atoms with Crippen LogP contribution in [0.1, 0.15) is 12.5 Å². The van der Waals surface area contributed by atoms with Crippen LogP contribution in [0.3, 0.4) is 0 Å². The summed E-state index contributed by atoms with van der Waals surface area (Å²) in [5.74, 6) is -0.433. The first-order valence-electron chi connectivity index (χ1n) is 6.28. The zero-order chi connectivity index (χ0) is 15.6. The molecule has 0 bridgehead atoms. The first-order valence-corrected chi connectivity index (χ1v) is 7.79. The molecular weight excluding hydrogens is 355 g/mol. The van der Waals surface area contributed by atoms with Crippen LogP contribution in [-0.2, 0) is 6.54 Å². The Balaban J connectivity index is 2.61. The second kappa shape index (κ2) is 7.17. The highest BCUT2D eigenvalue weighted by Crippen LogP contribution is 2.44. The van der Waals surface area contributed by atoms with Crippen molar-refractivity contribution in [3.05, 3.63) is 55.7 Å². The molecule has 112 valence electrons. The van der Waals surface area contributed by atoms with Crippen molar-refractivity contribution in [2.45, 2.75) is 13.5 Å². The highest BCUT2D eigenvalue weighted by atomic mass is 35.5. The zero-order valence-electron chi connectivity index (χ0n) is 11.1. The predicted molar refractivity (Wildman–Crippen MR) is 89.3 cm³/mol. The van der Waals surface area contributed by atoms with E-state index in [1.54, 1.807) is 12.1 Å². The number of hydrogen-bond acceptors (Lipinski definition) is 1. The fourth-order valence-electron chi connectivity index (χ4n) is 1.95. The number of nitrogens with one attached hydrogen (secondary N) is 1. The Morgan fingerprint density at radius 3 is 2.19 bits per heavy atom. The molecule has 6 heteroatoms. The Morgan fingerprint density at radius 2 is 1.62 bits per heavy atom. The SMILES string of the molecule is CCNCc1ccc(F)c(-c2c(Cl)c(Cl)cc(Cl)c2Cl)c1. The van der Waals surface area contributed by atoms with Crippen molar-refractivity contribution < 1.29 is 4.39 Å². The van der Waals surface area contributed by atoms with Gasteiger partial charge in [-0.3, -0.25) is 0 Å². The number of halogens is 5. The molecular formula is C15H12Cl4FN. The van der Waals surface area contributed by atoms with Crippen molar-refractivity contribution in [1.29, 1.82) is 0 Å². The molecule has 0 fully saturated rings. The number of benzene rings is 2. The largest absolute Gasteiger partial charge is 0.313 e. The van der Waals surface area contributed by atoms with Gasteiger partial charge in [0.1, 0.15) is 5.82 Å². The summed E-state index contributed by atoms with van der Waals surface area (Å²) in [5.41, 5.74) is 1.51. The predicted octanol–water partition coefficient (Wildman–Crippen LogP) is 6.22. The van der Waals surface area contributed by atoms with Gasteiger partial charge in [0, 0.05) is 17.7 Å². The van der Waals surface area contributed by atoms with Gasteiger partial charge in [-0.15, -0.1) is 0 Å². The first-order chi connectivity index (χ1) is 9.95. The smallest absolute Gasteiger partial charge is 0.131 e. The standard InChI is InChI=1S/C15H12Cl4FN/c1-2-21-7-8-3-4-12(20)9(5-8)13-14(18)10(16)6-11(17)15(13)19/h3-6,21H,2,7H2,1H3. The van der Waals surface area contributed by atoms with Crippen LogP contribution in [0.4, 0.5) is 4.39 Å². The summed E-state index contributed by atoms with van der Waals surface area (Å²) in [6, 6.07) is 6.22. The van der Waals surface area contributed by atoms with E-state index in [0.717, 1.165) is 12.1 Å². The second-order valence-electron chi connectivity index (χ2n) is 4.44. The van der Waals surface area contributed by atoms with Gasteiger partial charge in [-0.25, -0.2) is 4.39 Å². The number of hydrogen-bond donors (Lipinski definition) is 1. The van der Waals surface area contributed by atoms with Crippen LogP contribution >= 0.6 is 46.4 Å². The normalized spacial score (nSPS) is 11.0. The Labute approximate surface area is 143 Å². The molecule has 0 aliphatic carbocycles. The molecule has 0 radical (unpaired) electrons. The van der Waals surface area contributed by atoms with Gasteiger partial charge in [0.2, 0.25) is 0 Å². The van der Waals surface area contributed by atoms with Crippen molar-refractivity contribution in [2.75, 3.05) is 6.54 Å². The van der Waals surface area contributed by atoms with Crippen LogP contribution in [0, 0.1) is 5.82 Å². The third-order valence-corrected chi connectivity index (χ3v) is 4.57. The fourth-order valence-corrected chi connectivity index (χ4v) is 2.97. The van der Waals surface area contributed by atoms with Crippen molar-refractivity contribution in [3.63, 3.8) is 0 Å². The third-order valence-electron chi connectivity index (χ3n) is 2.99. The molecule has 0 saturated heterocycles. The third kappa shape index (κ3) is 3.64. The van der Waals surface area contributed by atoms with E-state index in [2.05, 4.69) is 5.32 Å². The van der Waals surface area contributed by atoms with Gasteiger partial charge >= 0.3 is 0 Å². The summed E-state index contributed by atoms with van der Waals surface area (Å²) in [5, 5.41) is 4.01. The van der Waals surface area contributed by atoms with Gasteiger partial charge in [-0.1, -0.05) is 59.4 Å². The van der Waals surface area contributed by atoms with E-state index < -0.39 is 5.82 Å². The lowest BCUT2D eigenvalue weighted by molar-refractivity contribution is 0.629. The monoisotopic (exact) mass is 365 g/mol. The minimum absolute atomic E-state index is 0.186. The van der Waals surface area contributed by atoms with Crippen LogP contribution in [0.25, 0.3) is 11.1 Å². The maximum Gasteiger partial charge on any atom is 0.131 e. The molecule has 0 amide bonds. The van der Waals surface area contributed by atoms with E-state index in [-0.39, 0.29) is 25.7 Å². The lowest BCUT2D eigenvalue weighted by atomic mass is 10.0. The fraction of sp³-hybridized carbons (Fsp3) is 0.200. The molecule has 0 saturated carbocycles. The van der Waals surface area contributed by atoms with E-state index >= 15 is 0 Å². The average Bonchev–Trinajstić information content (AvgIpc) is 2.46. The molecule has 0 unspecified atom stereocenters. The average molecular weight is 367 g/mol. The van der Waals surface area contributed by atoms with Gasteiger partial charge in [0.15, 0.2) is 0 Å². The number of rotatable bonds is 4. The molecule has 1 nitrogen and oxygen atoms in total. The molecule has 0 aliphatic heterocycles. The van der Waals surface area contributed by atoms with E-state index in [4.69, 9.17) is 46.4 Å². The lowest BCUT2D eigenvalue weighted by Crippen LogP contribution is -2.11. The van der Waals surface area contributed by atoms with E-state index in [1.165, 1.54) is 12.1 Å². The van der Waals surface area contributed by atoms with Gasteiger partial charge in [0.25, 0.3) is 0 Å². The van der Waals surface area contributed by atoms with Crippen molar-refractivity contribution in [3.8, 4) is 11.1 Å². The van der Waals surface area contributed by atoms with Crippen molar-refractivity contribution in [2.24, 2.45) is 0 Å². The summed E-state index contributed by atoms with van der Waals surface area (Å²) in [4.78, 5) is 0. The van der Waals surface area contributed by atoms with Crippen LogP contribution in [0.5, 0.6) is 0 Å². The summed E-state index contributed by atoms with van der Waals surface area (Å²) in [7, 11) is 0. The van der Waals surface area contributed by atoms with Crippen LogP contribution in [-0.4, -0.2) is 6.54 Å². The minimum atomic E-state index is -0.433. The Hall–Kier alpha value is -0.510. The molecule has 0 aliphatic rings. The zero-order valence-corrected chi connectivity index (χ0v) is 14.1. The van der Waals surface area contributed by atoms with Gasteiger partial charge in [-0.05, 0) is 30.3 Å². The van der Waals surface area contributed by atoms with Gasteiger partial charge < -0.3 is 5.32 Å². The highest BCUT2D eigenvalue weighted by Gasteiger charge is 2.18. The molecule has 2 aromatic carbocycles. The first kappa shape index (κ1) is 16.9. The van der Waals surface area contributed by atoms with Crippen LogP contribution in [0.2, 0.25) is 20.1 Å². The maximum atomic E-state index is 14.2. The minimum Gasteiger partial charge on any atom is -0.313 e. The van der Waals surface area contributed by atoms with Crippen molar-refractivity contribution in [1.82, 2.24) is 5.32 Å².